The average Bonchev–Trinajstić information content (AvgIpc) is 2.49. The van der Waals surface area contributed by atoms with Gasteiger partial charge in [-0.3, -0.25) is 10.2 Å². The van der Waals surface area contributed by atoms with E-state index in [-0.39, 0.29) is 5.91 Å². The lowest BCUT2D eigenvalue weighted by atomic mass is 10.2. The van der Waals surface area contributed by atoms with E-state index in [9.17, 15) is 4.79 Å². The third-order valence-electron chi connectivity index (χ3n) is 2.79. The summed E-state index contributed by atoms with van der Waals surface area (Å²) in [7, 11) is 0. The maximum absolute atomic E-state index is 11.8. The number of amides is 1. The molecule has 0 aromatic heterocycles. The summed E-state index contributed by atoms with van der Waals surface area (Å²) in [6, 6.07) is 17.3. The van der Waals surface area contributed by atoms with Gasteiger partial charge in [-0.1, -0.05) is 25.1 Å². The first kappa shape index (κ1) is 14.1. The van der Waals surface area contributed by atoms with Gasteiger partial charge in [0, 0.05) is 23.5 Å². The Hall–Kier alpha value is -2.33. The molecule has 0 aliphatic heterocycles. The van der Waals surface area contributed by atoms with Crippen LogP contribution in [0, 0.1) is 0 Å². The second kappa shape index (κ2) is 7.31. The summed E-state index contributed by atoms with van der Waals surface area (Å²) in [6.07, 6.45) is 0.972. The Bertz CT molecular complexity index is 537. The summed E-state index contributed by atoms with van der Waals surface area (Å²) >= 11 is 0. The highest BCUT2D eigenvalue weighted by Gasteiger charge is 2.04. The molecule has 4 heteroatoms. The minimum Gasteiger partial charge on any atom is -0.356 e. The van der Waals surface area contributed by atoms with Gasteiger partial charge >= 0.3 is 0 Å². The monoisotopic (exact) mass is 269 g/mol. The van der Waals surface area contributed by atoms with Crippen molar-refractivity contribution in [3.8, 4) is 0 Å². The van der Waals surface area contributed by atoms with E-state index in [1.165, 1.54) is 0 Å². The Balaban J connectivity index is 1.94. The molecule has 2 aromatic carbocycles. The van der Waals surface area contributed by atoms with Gasteiger partial charge in [-0.05, 0) is 42.8 Å². The van der Waals surface area contributed by atoms with Gasteiger partial charge in [0.2, 0.25) is 0 Å². The van der Waals surface area contributed by atoms with Crippen LogP contribution in [0.5, 0.6) is 0 Å². The second-order valence-electron chi connectivity index (χ2n) is 4.45. The zero-order valence-electron chi connectivity index (χ0n) is 11.5. The van der Waals surface area contributed by atoms with Crippen molar-refractivity contribution in [2.45, 2.75) is 13.3 Å². The SMILES string of the molecule is CCCNNC(=O)c1ccc(Nc2ccccc2)cc1. The summed E-state index contributed by atoms with van der Waals surface area (Å²) < 4.78 is 0. The number of carbonyl (C=O) groups excluding carboxylic acids is 1. The van der Waals surface area contributed by atoms with Gasteiger partial charge in [-0.15, -0.1) is 0 Å². The molecule has 0 radical (unpaired) electrons. The van der Waals surface area contributed by atoms with E-state index in [1.54, 1.807) is 12.1 Å². The van der Waals surface area contributed by atoms with Gasteiger partial charge in [0.25, 0.3) is 5.91 Å². The van der Waals surface area contributed by atoms with Gasteiger partial charge in [-0.2, -0.15) is 0 Å². The minimum absolute atomic E-state index is 0.121. The molecule has 0 aliphatic rings. The first-order chi connectivity index (χ1) is 9.79. The van der Waals surface area contributed by atoms with Crippen molar-refractivity contribution >= 4 is 17.3 Å². The van der Waals surface area contributed by atoms with Crippen LogP contribution in [0.3, 0.4) is 0 Å². The summed E-state index contributed by atoms with van der Waals surface area (Å²) in [5.41, 5.74) is 8.14. The van der Waals surface area contributed by atoms with Gasteiger partial charge in [-0.25, -0.2) is 5.43 Å². The molecular formula is C16H19N3O. The number of benzene rings is 2. The van der Waals surface area contributed by atoms with E-state index in [0.29, 0.717) is 5.56 Å². The quantitative estimate of drug-likeness (QED) is 0.558. The van der Waals surface area contributed by atoms with Gasteiger partial charge in [0.15, 0.2) is 0 Å². The highest BCUT2D eigenvalue weighted by atomic mass is 16.2. The Kier molecular flexibility index (Phi) is 5.15. The summed E-state index contributed by atoms with van der Waals surface area (Å²) in [5.74, 6) is -0.121. The number of hydrogen-bond donors (Lipinski definition) is 3. The number of hydrogen-bond acceptors (Lipinski definition) is 3. The van der Waals surface area contributed by atoms with Crippen LogP contribution in [0.25, 0.3) is 0 Å². The molecule has 104 valence electrons. The Labute approximate surface area is 119 Å². The molecule has 0 unspecified atom stereocenters. The van der Waals surface area contributed by atoms with Crippen LogP contribution in [0.1, 0.15) is 23.7 Å². The largest absolute Gasteiger partial charge is 0.356 e. The molecule has 0 bridgehead atoms. The molecule has 3 N–H and O–H groups in total. The van der Waals surface area contributed by atoms with E-state index in [1.807, 2.05) is 49.4 Å². The lowest BCUT2D eigenvalue weighted by molar-refractivity contribution is 0.0933. The van der Waals surface area contributed by atoms with Crippen molar-refractivity contribution < 1.29 is 4.79 Å². The van der Waals surface area contributed by atoms with Gasteiger partial charge < -0.3 is 5.32 Å². The van der Waals surface area contributed by atoms with Crippen molar-refractivity contribution in [2.75, 3.05) is 11.9 Å². The topological polar surface area (TPSA) is 53.2 Å². The molecule has 0 fully saturated rings. The summed E-state index contributed by atoms with van der Waals surface area (Å²) in [5, 5.41) is 3.28. The van der Waals surface area contributed by atoms with Crippen molar-refractivity contribution in [1.82, 2.24) is 10.9 Å². The molecule has 2 rings (SSSR count). The fraction of sp³-hybridized carbons (Fsp3) is 0.188. The number of para-hydroxylation sites is 1. The fourth-order valence-corrected chi connectivity index (χ4v) is 1.73. The van der Waals surface area contributed by atoms with E-state index in [4.69, 9.17) is 0 Å². The van der Waals surface area contributed by atoms with Crippen LogP contribution in [-0.2, 0) is 0 Å². The smallest absolute Gasteiger partial charge is 0.265 e. The maximum atomic E-state index is 11.8. The number of carbonyl (C=O) groups is 1. The molecule has 0 spiro atoms. The molecule has 0 saturated heterocycles. The second-order valence-corrected chi connectivity index (χ2v) is 4.45. The fourth-order valence-electron chi connectivity index (χ4n) is 1.73. The highest BCUT2D eigenvalue weighted by molar-refractivity contribution is 5.94. The molecule has 2 aromatic rings. The van der Waals surface area contributed by atoms with Gasteiger partial charge in [0.1, 0.15) is 0 Å². The Morgan fingerprint density at radius 1 is 0.950 bits per heavy atom. The van der Waals surface area contributed by atoms with E-state index >= 15 is 0 Å². The lowest BCUT2D eigenvalue weighted by Gasteiger charge is -2.08. The summed E-state index contributed by atoms with van der Waals surface area (Å²) in [6.45, 7) is 2.81. The van der Waals surface area contributed by atoms with Crippen LogP contribution >= 0.6 is 0 Å². The number of nitrogens with one attached hydrogen (secondary N) is 3. The van der Waals surface area contributed by atoms with E-state index in [0.717, 1.165) is 24.3 Å². The van der Waals surface area contributed by atoms with Gasteiger partial charge in [0.05, 0.1) is 0 Å². The molecule has 0 saturated carbocycles. The lowest BCUT2D eigenvalue weighted by Crippen LogP contribution is -2.37. The average molecular weight is 269 g/mol. The molecule has 0 aliphatic carbocycles. The number of anilines is 2. The standard InChI is InChI=1S/C16H19N3O/c1-2-12-17-19-16(20)13-8-10-15(11-9-13)18-14-6-4-3-5-7-14/h3-11,17-18H,2,12H2,1H3,(H,19,20). The first-order valence-corrected chi connectivity index (χ1v) is 6.75. The maximum Gasteiger partial charge on any atom is 0.265 e. The molecule has 4 nitrogen and oxygen atoms in total. The zero-order chi connectivity index (χ0) is 14.2. The molecule has 0 atom stereocenters. The molecular weight excluding hydrogens is 250 g/mol. The van der Waals surface area contributed by atoms with Crippen LogP contribution in [0.2, 0.25) is 0 Å². The van der Waals surface area contributed by atoms with Crippen LogP contribution in [-0.4, -0.2) is 12.5 Å². The molecule has 0 heterocycles. The van der Waals surface area contributed by atoms with Crippen LogP contribution < -0.4 is 16.2 Å². The Morgan fingerprint density at radius 3 is 2.25 bits per heavy atom. The normalized spacial score (nSPS) is 10.1. The van der Waals surface area contributed by atoms with Crippen molar-refractivity contribution in [3.05, 3.63) is 60.2 Å². The summed E-state index contributed by atoms with van der Waals surface area (Å²) in [4.78, 5) is 11.8. The number of rotatable bonds is 6. The van der Waals surface area contributed by atoms with Crippen molar-refractivity contribution in [3.63, 3.8) is 0 Å². The minimum atomic E-state index is -0.121. The van der Waals surface area contributed by atoms with Crippen molar-refractivity contribution in [1.29, 1.82) is 0 Å². The zero-order valence-corrected chi connectivity index (χ0v) is 11.5. The van der Waals surface area contributed by atoms with E-state index < -0.39 is 0 Å². The third-order valence-corrected chi connectivity index (χ3v) is 2.79. The molecule has 1 amide bonds. The predicted molar refractivity (Wildman–Crippen MR) is 81.9 cm³/mol. The van der Waals surface area contributed by atoms with E-state index in [2.05, 4.69) is 16.2 Å². The first-order valence-electron chi connectivity index (χ1n) is 6.75. The van der Waals surface area contributed by atoms with Crippen molar-refractivity contribution in [2.24, 2.45) is 0 Å². The third kappa shape index (κ3) is 4.10. The van der Waals surface area contributed by atoms with Crippen LogP contribution in [0.15, 0.2) is 54.6 Å². The highest BCUT2D eigenvalue weighted by Crippen LogP contribution is 2.16. The number of hydrazine groups is 1. The van der Waals surface area contributed by atoms with Crippen LogP contribution in [0.4, 0.5) is 11.4 Å². The molecule has 20 heavy (non-hydrogen) atoms. The Morgan fingerprint density at radius 2 is 1.60 bits per heavy atom. The predicted octanol–water partition coefficient (Wildman–Crippen LogP) is 3.07.